The molecule has 1 unspecified atom stereocenters. The van der Waals surface area contributed by atoms with Gasteiger partial charge in [0.05, 0.1) is 11.7 Å². The highest BCUT2D eigenvalue weighted by molar-refractivity contribution is 5.94. The first-order valence-corrected chi connectivity index (χ1v) is 4.84. The van der Waals surface area contributed by atoms with E-state index >= 15 is 0 Å². The van der Waals surface area contributed by atoms with Crippen molar-refractivity contribution in [1.82, 2.24) is 4.90 Å². The van der Waals surface area contributed by atoms with E-state index in [1.807, 2.05) is 0 Å². The molecule has 0 spiro atoms. The number of carbonyl (C=O) groups is 1. The van der Waals surface area contributed by atoms with Crippen molar-refractivity contribution >= 4 is 5.91 Å². The van der Waals surface area contributed by atoms with Crippen LogP contribution in [-0.2, 0) is 0 Å². The van der Waals surface area contributed by atoms with Crippen LogP contribution in [0.15, 0.2) is 18.2 Å². The number of halogens is 1. The van der Waals surface area contributed by atoms with Gasteiger partial charge in [0.25, 0.3) is 5.91 Å². The number of hydrogen-bond donors (Lipinski definition) is 2. The van der Waals surface area contributed by atoms with Crippen molar-refractivity contribution in [3.05, 3.63) is 29.6 Å². The summed E-state index contributed by atoms with van der Waals surface area (Å²) in [4.78, 5) is 12.9. The molecule has 0 aromatic heterocycles. The molecule has 0 radical (unpaired) electrons. The Labute approximate surface area is 92.9 Å². The van der Waals surface area contributed by atoms with Crippen LogP contribution in [0, 0.1) is 5.82 Å². The predicted molar refractivity (Wildman–Crippen MR) is 56.7 cm³/mol. The summed E-state index contributed by atoms with van der Waals surface area (Å²) in [6.07, 6.45) is -0.672. The lowest BCUT2D eigenvalue weighted by Gasteiger charge is -2.19. The van der Waals surface area contributed by atoms with E-state index in [4.69, 9.17) is 10.2 Å². The van der Waals surface area contributed by atoms with Crippen LogP contribution in [0.25, 0.3) is 0 Å². The molecule has 1 aromatic rings. The molecule has 0 bridgehead atoms. The molecule has 0 fully saturated rings. The summed E-state index contributed by atoms with van der Waals surface area (Å²) < 4.78 is 13.3. The topological polar surface area (TPSA) is 60.8 Å². The average molecular weight is 227 g/mol. The summed E-state index contributed by atoms with van der Waals surface area (Å²) in [6, 6.07) is 3.33. The molecule has 4 nitrogen and oxygen atoms in total. The maximum atomic E-state index is 13.3. The van der Waals surface area contributed by atoms with E-state index in [-0.39, 0.29) is 17.9 Å². The molecular formula is C11H14FNO3. The Balaban J connectivity index is 2.88. The highest BCUT2D eigenvalue weighted by Gasteiger charge is 2.17. The summed E-state index contributed by atoms with van der Waals surface area (Å²) in [7, 11) is 1.47. The second-order valence-corrected chi connectivity index (χ2v) is 3.70. The number of aliphatic hydroxyl groups excluding tert-OH is 1. The van der Waals surface area contributed by atoms with Crippen molar-refractivity contribution in [3.8, 4) is 5.75 Å². The van der Waals surface area contributed by atoms with Crippen molar-refractivity contribution in [2.75, 3.05) is 13.6 Å². The molecule has 0 aliphatic rings. The van der Waals surface area contributed by atoms with Crippen molar-refractivity contribution in [2.45, 2.75) is 13.0 Å². The number of phenols is 1. The Bertz CT molecular complexity index is 393. The number of phenolic OH excluding ortho intramolecular Hbond substituents is 1. The molecule has 1 rings (SSSR count). The van der Waals surface area contributed by atoms with Crippen molar-refractivity contribution in [3.63, 3.8) is 0 Å². The number of amides is 1. The lowest BCUT2D eigenvalue weighted by molar-refractivity contribution is 0.0699. The fourth-order valence-corrected chi connectivity index (χ4v) is 1.36. The van der Waals surface area contributed by atoms with Gasteiger partial charge in [-0.15, -0.1) is 0 Å². The Hall–Kier alpha value is -1.62. The third-order valence-electron chi connectivity index (χ3n) is 2.07. The fourth-order valence-electron chi connectivity index (χ4n) is 1.36. The molecule has 0 aliphatic carbocycles. The number of carbonyl (C=O) groups excluding carboxylic acids is 1. The van der Waals surface area contributed by atoms with Crippen LogP contribution in [0.1, 0.15) is 17.3 Å². The van der Waals surface area contributed by atoms with Gasteiger partial charge in [-0.05, 0) is 19.1 Å². The van der Waals surface area contributed by atoms with Gasteiger partial charge in [-0.1, -0.05) is 0 Å². The second kappa shape index (κ2) is 4.94. The monoisotopic (exact) mass is 227 g/mol. The molecule has 0 saturated carbocycles. The van der Waals surface area contributed by atoms with Gasteiger partial charge in [0.15, 0.2) is 0 Å². The van der Waals surface area contributed by atoms with E-state index in [2.05, 4.69) is 0 Å². The third kappa shape index (κ3) is 2.93. The van der Waals surface area contributed by atoms with Gasteiger partial charge in [-0.25, -0.2) is 4.39 Å². The van der Waals surface area contributed by atoms with Gasteiger partial charge < -0.3 is 15.1 Å². The Morgan fingerprint density at radius 2 is 2.19 bits per heavy atom. The highest BCUT2D eigenvalue weighted by atomic mass is 19.1. The van der Waals surface area contributed by atoms with Crippen LogP contribution in [-0.4, -0.2) is 40.7 Å². The maximum absolute atomic E-state index is 13.3. The molecule has 0 heterocycles. The lowest BCUT2D eigenvalue weighted by Crippen LogP contribution is -2.33. The molecule has 1 aromatic carbocycles. The SMILES string of the molecule is CC(O)CN(C)C(=O)c1ccc(O)cc1F. The Kier molecular flexibility index (Phi) is 3.84. The quantitative estimate of drug-likeness (QED) is 0.809. The van der Waals surface area contributed by atoms with Crippen LogP contribution in [0.5, 0.6) is 5.75 Å². The van der Waals surface area contributed by atoms with E-state index in [9.17, 15) is 9.18 Å². The minimum atomic E-state index is -0.776. The van der Waals surface area contributed by atoms with E-state index in [1.165, 1.54) is 31.0 Å². The van der Waals surface area contributed by atoms with Gasteiger partial charge in [-0.2, -0.15) is 0 Å². The number of rotatable bonds is 3. The Morgan fingerprint density at radius 1 is 1.56 bits per heavy atom. The average Bonchev–Trinajstić information content (AvgIpc) is 2.15. The molecule has 5 heteroatoms. The van der Waals surface area contributed by atoms with Crippen molar-refractivity contribution in [2.24, 2.45) is 0 Å². The van der Waals surface area contributed by atoms with Crippen molar-refractivity contribution in [1.29, 1.82) is 0 Å². The van der Waals surface area contributed by atoms with Crippen LogP contribution in [0.2, 0.25) is 0 Å². The standard InChI is InChI=1S/C11H14FNO3/c1-7(14)6-13(2)11(16)9-4-3-8(15)5-10(9)12/h3-5,7,14-15H,6H2,1-2H3. The van der Waals surface area contributed by atoms with Crippen LogP contribution < -0.4 is 0 Å². The van der Waals surface area contributed by atoms with E-state index < -0.39 is 17.8 Å². The number of aromatic hydroxyl groups is 1. The minimum absolute atomic E-state index is 0.124. The molecular weight excluding hydrogens is 213 g/mol. The van der Waals surface area contributed by atoms with Crippen molar-refractivity contribution < 1.29 is 19.4 Å². The fraction of sp³-hybridized carbons (Fsp3) is 0.364. The summed E-state index contributed by atoms with van der Waals surface area (Å²) in [5.74, 6) is -1.53. The van der Waals surface area contributed by atoms with Gasteiger partial charge in [-0.3, -0.25) is 4.79 Å². The van der Waals surface area contributed by atoms with Crippen LogP contribution in [0.4, 0.5) is 4.39 Å². The smallest absolute Gasteiger partial charge is 0.256 e. The molecule has 0 saturated heterocycles. The van der Waals surface area contributed by atoms with Gasteiger partial charge >= 0.3 is 0 Å². The molecule has 2 N–H and O–H groups in total. The lowest BCUT2D eigenvalue weighted by atomic mass is 10.1. The maximum Gasteiger partial charge on any atom is 0.256 e. The normalized spacial score (nSPS) is 12.2. The summed E-state index contributed by atoms with van der Waals surface area (Å²) in [6.45, 7) is 1.66. The molecule has 88 valence electrons. The minimum Gasteiger partial charge on any atom is -0.508 e. The molecule has 1 amide bonds. The van der Waals surface area contributed by atoms with E-state index in [0.717, 1.165) is 6.07 Å². The van der Waals surface area contributed by atoms with E-state index in [0.29, 0.717) is 0 Å². The highest BCUT2D eigenvalue weighted by Crippen LogP contribution is 2.16. The zero-order chi connectivity index (χ0) is 12.3. The molecule has 0 aliphatic heterocycles. The molecule has 16 heavy (non-hydrogen) atoms. The zero-order valence-electron chi connectivity index (χ0n) is 9.14. The predicted octanol–water partition coefficient (Wildman–Crippen LogP) is 0.984. The summed E-state index contributed by atoms with van der Waals surface area (Å²) in [5, 5.41) is 18.1. The van der Waals surface area contributed by atoms with Gasteiger partial charge in [0.1, 0.15) is 11.6 Å². The third-order valence-corrected chi connectivity index (χ3v) is 2.07. The Morgan fingerprint density at radius 3 is 2.69 bits per heavy atom. The number of hydrogen-bond acceptors (Lipinski definition) is 3. The number of benzene rings is 1. The first kappa shape index (κ1) is 12.4. The zero-order valence-corrected chi connectivity index (χ0v) is 9.14. The number of aliphatic hydroxyl groups is 1. The summed E-state index contributed by atoms with van der Waals surface area (Å²) in [5.41, 5.74) is -0.124. The number of likely N-dealkylation sites (N-methyl/N-ethyl adjacent to an activating group) is 1. The van der Waals surface area contributed by atoms with Crippen LogP contribution >= 0.6 is 0 Å². The summed E-state index contributed by atoms with van der Waals surface area (Å²) >= 11 is 0. The first-order valence-electron chi connectivity index (χ1n) is 4.84. The first-order chi connectivity index (χ1) is 7.41. The second-order valence-electron chi connectivity index (χ2n) is 3.70. The van der Waals surface area contributed by atoms with Gasteiger partial charge in [0.2, 0.25) is 0 Å². The van der Waals surface area contributed by atoms with Gasteiger partial charge in [0, 0.05) is 19.7 Å². The van der Waals surface area contributed by atoms with E-state index in [1.54, 1.807) is 0 Å². The van der Waals surface area contributed by atoms with Crippen LogP contribution in [0.3, 0.4) is 0 Å². The largest absolute Gasteiger partial charge is 0.508 e. The number of nitrogens with zero attached hydrogens (tertiary/aromatic N) is 1. The molecule has 1 atom stereocenters.